The van der Waals surface area contributed by atoms with Crippen molar-refractivity contribution in [2.75, 3.05) is 31.1 Å². The van der Waals surface area contributed by atoms with Gasteiger partial charge >= 0.3 is 0 Å². The molecule has 0 saturated carbocycles. The lowest BCUT2D eigenvalue weighted by molar-refractivity contribution is -0.124. The molecule has 1 amide bonds. The number of ketones is 1. The van der Waals surface area contributed by atoms with E-state index in [0.717, 1.165) is 11.3 Å². The fourth-order valence-corrected chi connectivity index (χ4v) is 2.54. The number of likely N-dealkylation sites (tertiary alicyclic amines) is 1. The Labute approximate surface area is 120 Å². The molecule has 108 valence electrons. The molecule has 20 heavy (non-hydrogen) atoms. The monoisotopic (exact) mass is 274 g/mol. The van der Waals surface area contributed by atoms with Crippen LogP contribution in [-0.4, -0.2) is 42.8 Å². The number of likely N-dealkylation sites (N-methyl/N-ethyl adjacent to an activating group) is 1. The van der Waals surface area contributed by atoms with Crippen LogP contribution in [0, 0.1) is 6.92 Å². The van der Waals surface area contributed by atoms with Crippen LogP contribution in [0.25, 0.3) is 0 Å². The highest BCUT2D eigenvalue weighted by Gasteiger charge is 2.21. The highest BCUT2D eigenvalue weighted by atomic mass is 16.2. The third-order valence-corrected chi connectivity index (χ3v) is 3.70. The minimum Gasteiger partial charge on any atom is -0.312 e. The van der Waals surface area contributed by atoms with Gasteiger partial charge in [0.05, 0.1) is 6.54 Å². The van der Waals surface area contributed by atoms with Gasteiger partial charge in [-0.2, -0.15) is 0 Å². The molecule has 1 aromatic carbocycles. The van der Waals surface area contributed by atoms with Crippen LogP contribution in [0.1, 0.15) is 25.3 Å². The van der Waals surface area contributed by atoms with Gasteiger partial charge in [-0.25, -0.2) is 0 Å². The van der Waals surface area contributed by atoms with Crippen molar-refractivity contribution >= 4 is 17.4 Å². The van der Waals surface area contributed by atoms with Crippen molar-refractivity contribution in [2.45, 2.75) is 26.7 Å². The second-order valence-corrected chi connectivity index (χ2v) is 5.29. The summed E-state index contributed by atoms with van der Waals surface area (Å²) >= 11 is 0. The summed E-state index contributed by atoms with van der Waals surface area (Å²) in [6, 6.07) is 7.99. The molecule has 0 unspecified atom stereocenters. The van der Waals surface area contributed by atoms with Gasteiger partial charge in [-0.05, 0) is 31.5 Å². The van der Waals surface area contributed by atoms with Crippen molar-refractivity contribution in [1.82, 2.24) is 4.90 Å². The first-order chi connectivity index (χ1) is 9.60. The van der Waals surface area contributed by atoms with Gasteiger partial charge in [-0.3, -0.25) is 14.5 Å². The molecule has 1 aliphatic rings. The van der Waals surface area contributed by atoms with Gasteiger partial charge in [0.2, 0.25) is 5.91 Å². The maximum absolute atomic E-state index is 12.4. The van der Waals surface area contributed by atoms with Gasteiger partial charge < -0.3 is 4.90 Å². The minimum absolute atomic E-state index is 0.104. The number of amides is 1. The van der Waals surface area contributed by atoms with Crippen molar-refractivity contribution in [2.24, 2.45) is 0 Å². The van der Waals surface area contributed by atoms with E-state index in [1.54, 1.807) is 0 Å². The van der Waals surface area contributed by atoms with E-state index < -0.39 is 0 Å². The fraction of sp³-hybridized carbons (Fsp3) is 0.500. The summed E-state index contributed by atoms with van der Waals surface area (Å²) in [7, 11) is 0. The molecule has 4 heteroatoms. The SMILES string of the molecule is CCN(C(=O)CN1CCC(=O)CC1)c1cccc(C)c1. The Morgan fingerprint density at radius 3 is 2.60 bits per heavy atom. The van der Waals surface area contributed by atoms with Crippen LogP contribution in [0.15, 0.2) is 24.3 Å². The number of anilines is 1. The number of carbonyl (C=O) groups excluding carboxylic acids is 2. The minimum atomic E-state index is 0.104. The number of carbonyl (C=O) groups is 2. The number of aryl methyl sites for hydroxylation is 1. The molecule has 0 aliphatic carbocycles. The van der Waals surface area contributed by atoms with Crippen LogP contribution in [0.2, 0.25) is 0 Å². The standard InChI is InChI=1S/C16H22N2O2/c1-3-18(14-6-4-5-13(2)11-14)16(20)12-17-9-7-15(19)8-10-17/h4-6,11H,3,7-10,12H2,1-2H3. The predicted molar refractivity (Wildman–Crippen MR) is 79.9 cm³/mol. The zero-order valence-corrected chi connectivity index (χ0v) is 12.3. The number of piperidine rings is 1. The molecule has 0 N–H and O–H groups in total. The first-order valence-corrected chi connectivity index (χ1v) is 7.21. The average Bonchev–Trinajstić information content (AvgIpc) is 2.42. The summed E-state index contributed by atoms with van der Waals surface area (Å²) in [5.74, 6) is 0.409. The van der Waals surface area contributed by atoms with Crippen molar-refractivity contribution in [3.8, 4) is 0 Å². The number of nitrogens with zero attached hydrogens (tertiary/aromatic N) is 2. The molecule has 2 rings (SSSR count). The average molecular weight is 274 g/mol. The van der Waals surface area contributed by atoms with E-state index in [2.05, 4.69) is 4.90 Å². The number of rotatable bonds is 4. The molecule has 0 bridgehead atoms. The Morgan fingerprint density at radius 1 is 1.30 bits per heavy atom. The molecule has 1 aliphatic heterocycles. The second kappa shape index (κ2) is 6.66. The Hall–Kier alpha value is -1.68. The summed E-state index contributed by atoms with van der Waals surface area (Å²) in [5.41, 5.74) is 2.10. The smallest absolute Gasteiger partial charge is 0.241 e. The van der Waals surface area contributed by atoms with E-state index >= 15 is 0 Å². The number of Topliss-reactive ketones (excluding diaryl/α,β-unsaturated/α-hetero) is 1. The van der Waals surface area contributed by atoms with Crippen LogP contribution in [0.3, 0.4) is 0 Å². The molecule has 0 radical (unpaired) electrons. The first kappa shape index (κ1) is 14.7. The van der Waals surface area contributed by atoms with Crippen LogP contribution in [0.4, 0.5) is 5.69 Å². The third-order valence-electron chi connectivity index (χ3n) is 3.70. The molecule has 1 fully saturated rings. The predicted octanol–water partition coefficient (Wildman–Crippen LogP) is 2.01. The normalized spacial score (nSPS) is 16.2. The lowest BCUT2D eigenvalue weighted by atomic mass is 10.1. The van der Waals surface area contributed by atoms with Gasteiger partial charge in [0.15, 0.2) is 0 Å². The molecule has 0 atom stereocenters. The lowest BCUT2D eigenvalue weighted by Crippen LogP contribution is -2.43. The number of hydrogen-bond donors (Lipinski definition) is 0. The summed E-state index contributed by atoms with van der Waals surface area (Å²) in [4.78, 5) is 27.5. The fourth-order valence-electron chi connectivity index (χ4n) is 2.54. The molecular formula is C16H22N2O2. The summed E-state index contributed by atoms with van der Waals surface area (Å²) in [6.45, 7) is 6.48. The highest BCUT2D eigenvalue weighted by molar-refractivity contribution is 5.95. The van der Waals surface area contributed by atoms with E-state index in [9.17, 15) is 9.59 Å². The van der Waals surface area contributed by atoms with Crippen LogP contribution < -0.4 is 4.90 Å². The van der Waals surface area contributed by atoms with Gasteiger partial charge in [0.1, 0.15) is 5.78 Å². The Balaban J connectivity index is 2.00. The number of benzene rings is 1. The van der Waals surface area contributed by atoms with E-state index in [4.69, 9.17) is 0 Å². The van der Waals surface area contributed by atoms with Crippen LogP contribution in [0.5, 0.6) is 0 Å². The van der Waals surface area contributed by atoms with Crippen LogP contribution in [-0.2, 0) is 9.59 Å². The van der Waals surface area contributed by atoms with Crippen molar-refractivity contribution in [1.29, 1.82) is 0 Å². The largest absolute Gasteiger partial charge is 0.312 e. The molecule has 1 heterocycles. The number of hydrogen-bond acceptors (Lipinski definition) is 3. The molecular weight excluding hydrogens is 252 g/mol. The Morgan fingerprint density at radius 2 is 2.00 bits per heavy atom. The molecule has 0 spiro atoms. The van der Waals surface area contributed by atoms with Gasteiger partial charge in [0, 0.05) is 38.2 Å². The van der Waals surface area contributed by atoms with E-state index in [1.807, 2.05) is 43.0 Å². The summed E-state index contributed by atoms with van der Waals surface area (Å²) < 4.78 is 0. The molecule has 4 nitrogen and oxygen atoms in total. The summed E-state index contributed by atoms with van der Waals surface area (Å²) in [6.07, 6.45) is 1.15. The molecule has 1 aromatic rings. The van der Waals surface area contributed by atoms with Gasteiger partial charge in [-0.1, -0.05) is 12.1 Å². The van der Waals surface area contributed by atoms with E-state index in [-0.39, 0.29) is 5.91 Å². The van der Waals surface area contributed by atoms with Crippen molar-refractivity contribution < 1.29 is 9.59 Å². The Kier molecular flexibility index (Phi) is 4.90. The maximum atomic E-state index is 12.4. The maximum Gasteiger partial charge on any atom is 0.241 e. The molecule has 1 saturated heterocycles. The second-order valence-electron chi connectivity index (χ2n) is 5.29. The van der Waals surface area contributed by atoms with Crippen molar-refractivity contribution in [3.63, 3.8) is 0 Å². The summed E-state index contributed by atoms with van der Waals surface area (Å²) in [5, 5.41) is 0. The van der Waals surface area contributed by atoms with E-state index in [0.29, 0.717) is 44.8 Å². The highest BCUT2D eigenvalue weighted by Crippen LogP contribution is 2.16. The lowest BCUT2D eigenvalue weighted by Gasteiger charge is -2.28. The van der Waals surface area contributed by atoms with Crippen molar-refractivity contribution in [3.05, 3.63) is 29.8 Å². The quantitative estimate of drug-likeness (QED) is 0.843. The third kappa shape index (κ3) is 3.67. The van der Waals surface area contributed by atoms with Crippen LogP contribution >= 0.6 is 0 Å². The Bertz CT molecular complexity index is 489. The first-order valence-electron chi connectivity index (χ1n) is 7.21. The topological polar surface area (TPSA) is 40.6 Å². The van der Waals surface area contributed by atoms with E-state index in [1.165, 1.54) is 0 Å². The zero-order chi connectivity index (χ0) is 14.5. The van der Waals surface area contributed by atoms with Gasteiger partial charge in [-0.15, -0.1) is 0 Å². The molecule has 0 aromatic heterocycles. The van der Waals surface area contributed by atoms with Gasteiger partial charge in [0.25, 0.3) is 0 Å². The zero-order valence-electron chi connectivity index (χ0n) is 12.3.